The van der Waals surface area contributed by atoms with Crippen LogP contribution in [0.4, 0.5) is 0 Å². The molecule has 2 aromatic rings. The lowest BCUT2D eigenvalue weighted by Crippen LogP contribution is -2.36. The van der Waals surface area contributed by atoms with Gasteiger partial charge in [0.15, 0.2) is 5.96 Å². The zero-order valence-electron chi connectivity index (χ0n) is 11.4. The Kier molecular flexibility index (Phi) is 7.84. The van der Waals surface area contributed by atoms with Crippen molar-refractivity contribution in [3.05, 3.63) is 51.8 Å². The van der Waals surface area contributed by atoms with Crippen molar-refractivity contribution in [1.82, 2.24) is 20.8 Å². The summed E-state index contributed by atoms with van der Waals surface area (Å²) in [5.41, 5.74) is 1.94. The summed E-state index contributed by atoms with van der Waals surface area (Å²) >= 11 is 12.0. The van der Waals surface area contributed by atoms with Crippen molar-refractivity contribution in [2.45, 2.75) is 13.1 Å². The molecule has 3 N–H and O–H groups in total. The third kappa shape index (κ3) is 5.72. The predicted molar refractivity (Wildman–Crippen MR) is 97.5 cm³/mol. The van der Waals surface area contributed by atoms with Gasteiger partial charge < -0.3 is 10.6 Å². The highest BCUT2D eigenvalue weighted by Gasteiger charge is 2.03. The first kappa shape index (κ1) is 18.1. The number of aliphatic imine (C=N–C) groups is 1. The average Bonchev–Trinajstić information content (AvgIpc) is 2.94. The number of rotatable bonds is 4. The van der Waals surface area contributed by atoms with Crippen molar-refractivity contribution in [2.24, 2.45) is 4.99 Å². The van der Waals surface area contributed by atoms with E-state index in [-0.39, 0.29) is 24.0 Å². The molecule has 0 aliphatic rings. The van der Waals surface area contributed by atoms with Gasteiger partial charge in [-0.05, 0) is 23.8 Å². The summed E-state index contributed by atoms with van der Waals surface area (Å²) in [7, 11) is 1.71. The maximum absolute atomic E-state index is 6.12. The Labute approximate surface area is 150 Å². The van der Waals surface area contributed by atoms with Crippen molar-refractivity contribution in [3.8, 4) is 0 Å². The maximum atomic E-state index is 6.12. The quantitative estimate of drug-likeness (QED) is 0.389. The molecule has 0 unspecified atom stereocenters. The summed E-state index contributed by atoms with van der Waals surface area (Å²) in [5.74, 6) is 0.686. The van der Waals surface area contributed by atoms with E-state index >= 15 is 0 Å². The van der Waals surface area contributed by atoms with Gasteiger partial charge in [-0.1, -0.05) is 29.3 Å². The third-order valence-electron chi connectivity index (χ3n) is 2.69. The van der Waals surface area contributed by atoms with Gasteiger partial charge in [0.05, 0.1) is 12.2 Å². The average molecular weight is 440 g/mol. The van der Waals surface area contributed by atoms with Crippen molar-refractivity contribution in [2.75, 3.05) is 7.05 Å². The van der Waals surface area contributed by atoms with Crippen LogP contribution in [0.5, 0.6) is 0 Å². The molecular formula is C13H16Cl2IN5. The maximum Gasteiger partial charge on any atom is 0.191 e. The molecule has 0 spiro atoms. The largest absolute Gasteiger partial charge is 0.352 e. The zero-order valence-corrected chi connectivity index (χ0v) is 15.2. The lowest BCUT2D eigenvalue weighted by Gasteiger charge is -2.12. The lowest BCUT2D eigenvalue weighted by molar-refractivity contribution is 0.790. The summed E-state index contributed by atoms with van der Waals surface area (Å²) in [6.07, 6.45) is 1.71. The molecule has 114 valence electrons. The van der Waals surface area contributed by atoms with E-state index in [1.165, 1.54) is 0 Å². The van der Waals surface area contributed by atoms with Crippen LogP contribution in [0.2, 0.25) is 10.0 Å². The second kappa shape index (κ2) is 9.11. The van der Waals surface area contributed by atoms with E-state index in [4.69, 9.17) is 23.2 Å². The van der Waals surface area contributed by atoms with Gasteiger partial charge in [0.1, 0.15) is 0 Å². The number of nitrogens with one attached hydrogen (secondary N) is 3. The molecule has 1 aromatic carbocycles. The van der Waals surface area contributed by atoms with Crippen LogP contribution in [0.3, 0.4) is 0 Å². The first-order valence-corrected chi connectivity index (χ1v) is 6.81. The summed E-state index contributed by atoms with van der Waals surface area (Å²) in [6.45, 7) is 1.19. The number of halogens is 3. The van der Waals surface area contributed by atoms with Crippen LogP contribution in [0, 0.1) is 0 Å². The van der Waals surface area contributed by atoms with Crippen molar-refractivity contribution < 1.29 is 0 Å². The number of hydrogen-bond donors (Lipinski definition) is 3. The molecule has 0 aliphatic carbocycles. The van der Waals surface area contributed by atoms with Crippen molar-refractivity contribution in [3.63, 3.8) is 0 Å². The van der Waals surface area contributed by atoms with E-state index in [0.29, 0.717) is 29.1 Å². The molecule has 1 heterocycles. The first-order valence-electron chi connectivity index (χ1n) is 6.05. The van der Waals surface area contributed by atoms with Gasteiger partial charge in [-0.3, -0.25) is 10.1 Å². The number of aromatic amines is 1. The van der Waals surface area contributed by atoms with Crippen LogP contribution in [0.1, 0.15) is 11.3 Å². The summed E-state index contributed by atoms with van der Waals surface area (Å²) < 4.78 is 0. The minimum absolute atomic E-state index is 0. The molecule has 0 bridgehead atoms. The Hall–Kier alpha value is -0.990. The SMILES string of the molecule is CN=C(NCc1ccn[nH]1)NCc1ccc(Cl)cc1Cl.I. The predicted octanol–water partition coefficient (Wildman–Crippen LogP) is 3.20. The fraction of sp³-hybridized carbons (Fsp3) is 0.231. The molecule has 0 saturated carbocycles. The number of guanidine groups is 1. The fourth-order valence-electron chi connectivity index (χ4n) is 1.63. The van der Waals surface area contributed by atoms with Crippen molar-refractivity contribution >= 4 is 53.1 Å². The summed E-state index contributed by atoms with van der Waals surface area (Å²) in [5, 5.41) is 14.4. The van der Waals surface area contributed by atoms with Crippen LogP contribution < -0.4 is 10.6 Å². The monoisotopic (exact) mass is 439 g/mol. The number of benzene rings is 1. The number of H-pyrrole nitrogens is 1. The molecule has 0 aliphatic heterocycles. The van der Waals surface area contributed by atoms with E-state index in [1.807, 2.05) is 18.2 Å². The molecule has 0 amide bonds. The Morgan fingerprint density at radius 3 is 2.62 bits per heavy atom. The summed E-state index contributed by atoms with van der Waals surface area (Å²) in [6, 6.07) is 7.32. The molecule has 0 atom stereocenters. The first-order chi connectivity index (χ1) is 9.69. The van der Waals surface area contributed by atoms with Gasteiger partial charge in [0, 0.05) is 29.8 Å². The second-order valence-corrected chi connectivity index (χ2v) is 4.94. The highest BCUT2D eigenvalue weighted by molar-refractivity contribution is 14.0. The molecule has 5 nitrogen and oxygen atoms in total. The molecule has 1 aromatic heterocycles. The van der Waals surface area contributed by atoms with Crippen LogP contribution in [0.15, 0.2) is 35.5 Å². The number of nitrogens with zero attached hydrogens (tertiary/aromatic N) is 2. The van der Waals surface area contributed by atoms with E-state index < -0.39 is 0 Å². The van der Waals surface area contributed by atoms with Crippen LogP contribution >= 0.6 is 47.2 Å². The van der Waals surface area contributed by atoms with E-state index in [1.54, 1.807) is 19.3 Å². The third-order valence-corrected chi connectivity index (χ3v) is 3.28. The molecule has 0 radical (unpaired) electrons. The summed E-state index contributed by atoms with van der Waals surface area (Å²) in [4.78, 5) is 4.14. The fourth-order valence-corrected chi connectivity index (χ4v) is 2.10. The van der Waals surface area contributed by atoms with Gasteiger partial charge in [-0.2, -0.15) is 5.10 Å². The highest BCUT2D eigenvalue weighted by atomic mass is 127. The van der Waals surface area contributed by atoms with Gasteiger partial charge in [0.2, 0.25) is 0 Å². The van der Waals surface area contributed by atoms with Gasteiger partial charge in [-0.25, -0.2) is 0 Å². The molecule has 0 fully saturated rings. The van der Waals surface area contributed by atoms with Crippen molar-refractivity contribution in [1.29, 1.82) is 0 Å². The van der Waals surface area contributed by atoms with Gasteiger partial charge in [-0.15, -0.1) is 24.0 Å². The number of hydrogen-bond acceptors (Lipinski definition) is 2. The molecule has 21 heavy (non-hydrogen) atoms. The molecule has 8 heteroatoms. The lowest BCUT2D eigenvalue weighted by atomic mass is 10.2. The van der Waals surface area contributed by atoms with Gasteiger partial charge >= 0.3 is 0 Å². The molecular weight excluding hydrogens is 424 g/mol. The van der Waals surface area contributed by atoms with E-state index in [0.717, 1.165) is 11.3 Å². The number of aromatic nitrogens is 2. The standard InChI is InChI=1S/C13H15Cl2N5.HI/c1-16-13(18-8-11-4-5-19-20-11)17-7-9-2-3-10(14)6-12(9)15;/h2-6H,7-8H2,1H3,(H,19,20)(H2,16,17,18);1H. The van der Waals surface area contributed by atoms with E-state index in [9.17, 15) is 0 Å². The zero-order chi connectivity index (χ0) is 14.4. The van der Waals surface area contributed by atoms with Gasteiger partial charge in [0.25, 0.3) is 0 Å². The van der Waals surface area contributed by atoms with Crippen LogP contribution in [0.25, 0.3) is 0 Å². The van der Waals surface area contributed by atoms with E-state index in [2.05, 4.69) is 25.8 Å². The minimum Gasteiger partial charge on any atom is -0.352 e. The molecule has 0 saturated heterocycles. The van der Waals surface area contributed by atoms with Crippen LogP contribution in [-0.4, -0.2) is 23.2 Å². The molecule has 2 rings (SSSR count). The Morgan fingerprint density at radius 2 is 2.00 bits per heavy atom. The Morgan fingerprint density at radius 1 is 1.24 bits per heavy atom. The minimum atomic E-state index is 0. The smallest absolute Gasteiger partial charge is 0.191 e. The highest BCUT2D eigenvalue weighted by Crippen LogP contribution is 2.20. The van der Waals surface area contributed by atoms with Crippen LogP contribution in [-0.2, 0) is 13.1 Å². The normalized spacial score (nSPS) is 10.9. The second-order valence-electron chi connectivity index (χ2n) is 4.10. The Balaban J connectivity index is 0.00000220. The topological polar surface area (TPSA) is 65.1 Å². The Bertz CT molecular complexity index is 586.